The summed E-state index contributed by atoms with van der Waals surface area (Å²) in [6.07, 6.45) is 3.47. The molecule has 0 spiro atoms. The maximum atomic E-state index is 6.15. The molecule has 0 saturated heterocycles. The Labute approximate surface area is 109 Å². The second kappa shape index (κ2) is 5.40. The van der Waals surface area contributed by atoms with Crippen LogP contribution in [0.15, 0.2) is 53.3 Å². The van der Waals surface area contributed by atoms with Crippen molar-refractivity contribution in [1.29, 1.82) is 0 Å². The second-order valence-electron chi connectivity index (χ2n) is 3.90. The Balaban J connectivity index is 2.23. The highest BCUT2D eigenvalue weighted by molar-refractivity contribution is 9.10. The minimum atomic E-state index is -0.262. The fourth-order valence-electron chi connectivity index (χ4n) is 1.70. The van der Waals surface area contributed by atoms with Crippen LogP contribution in [0, 0.1) is 0 Å². The van der Waals surface area contributed by atoms with Gasteiger partial charge < -0.3 is 11.5 Å². The van der Waals surface area contributed by atoms with Crippen LogP contribution in [-0.2, 0) is 0 Å². The second-order valence-corrected chi connectivity index (χ2v) is 4.81. The van der Waals surface area contributed by atoms with Crippen LogP contribution < -0.4 is 11.5 Å². The van der Waals surface area contributed by atoms with Crippen molar-refractivity contribution in [3.63, 3.8) is 0 Å². The van der Waals surface area contributed by atoms with E-state index in [2.05, 4.69) is 20.9 Å². The van der Waals surface area contributed by atoms with E-state index in [4.69, 9.17) is 11.5 Å². The Morgan fingerprint density at radius 3 is 2.24 bits per heavy atom. The summed E-state index contributed by atoms with van der Waals surface area (Å²) < 4.78 is 0.908. The van der Waals surface area contributed by atoms with Gasteiger partial charge in [-0.3, -0.25) is 4.98 Å². The van der Waals surface area contributed by atoms with Crippen molar-refractivity contribution in [3.05, 3.63) is 64.4 Å². The van der Waals surface area contributed by atoms with Gasteiger partial charge in [0.1, 0.15) is 0 Å². The highest BCUT2D eigenvalue weighted by atomic mass is 79.9. The Hall–Kier alpha value is -1.23. The molecule has 0 amide bonds. The third-order valence-corrected chi connectivity index (χ3v) is 3.12. The molecule has 0 aliphatic carbocycles. The van der Waals surface area contributed by atoms with Gasteiger partial charge in [-0.05, 0) is 33.1 Å². The lowest BCUT2D eigenvalue weighted by Crippen LogP contribution is -2.26. The van der Waals surface area contributed by atoms with Crippen LogP contribution in [0.4, 0.5) is 0 Å². The van der Waals surface area contributed by atoms with E-state index in [9.17, 15) is 0 Å². The molecule has 1 aromatic heterocycles. The van der Waals surface area contributed by atoms with Gasteiger partial charge in [0.25, 0.3) is 0 Å². The first-order chi connectivity index (χ1) is 8.18. The summed E-state index contributed by atoms with van der Waals surface area (Å²) in [6.45, 7) is 0. The topological polar surface area (TPSA) is 64.9 Å². The highest BCUT2D eigenvalue weighted by Gasteiger charge is 2.17. The van der Waals surface area contributed by atoms with Gasteiger partial charge in [0, 0.05) is 22.9 Å². The summed E-state index contributed by atoms with van der Waals surface area (Å²) >= 11 is 3.38. The minimum absolute atomic E-state index is 0.229. The van der Waals surface area contributed by atoms with Gasteiger partial charge in [-0.1, -0.05) is 30.3 Å². The predicted octanol–water partition coefficient (Wildman–Crippen LogP) is 2.54. The molecule has 2 unspecified atom stereocenters. The monoisotopic (exact) mass is 291 g/mol. The largest absolute Gasteiger partial charge is 0.322 e. The number of nitrogens with zero attached hydrogens (tertiary/aromatic N) is 1. The summed E-state index contributed by atoms with van der Waals surface area (Å²) in [5, 5.41) is 0. The summed E-state index contributed by atoms with van der Waals surface area (Å²) in [7, 11) is 0. The van der Waals surface area contributed by atoms with Gasteiger partial charge >= 0.3 is 0 Å². The Bertz CT molecular complexity index is 487. The number of aromatic nitrogens is 1. The first-order valence-electron chi connectivity index (χ1n) is 5.35. The molecular formula is C13H14BrN3. The van der Waals surface area contributed by atoms with E-state index in [1.54, 1.807) is 12.4 Å². The van der Waals surface area contributed by atoms with Crippen LogP contribution in [0.3, 0.4) is 0 Å². The Kier molecular flexibility index (Phi) is 3.89. The minimum Gasteiger partial charge on any atom is -0.322 e. The molecule has 1 heterocycles. The molecule has 2 rings (SSSR count). The Morgan fingerprint density at radius 2 is 1.59 bits per heavy atom. The van der Waals surface area contributed by atoms with Crippen LogP contribution in [0.5, 0.6) is 0 Å². The van der Waals surface area contributed by atoms with Crippen molar-refractivity contribution in [2.24, 2.45) is 11.5 Å². The molecule has 4 N–H and O–H groups in total. The summed E-state index contributed by atoms with van der Waals surface area (Å²) in [4.78, 5) is 4.10. The van der Waals surface area contributed by atoms with E-state index < -0.39 is 0 Å². The number of hydrogen-bond donors (Lipinski definition) is 2. The van der Waals surface area contributed by atoms with Gasteiger partial charge in [-0.15, -0.1) is 0 Å². The molecule has 0 aliphatic heterocycles. The van der Waals surface area contributed by atoms with E-state index in [1.165, 1.54) is 0 Å². The molecule has 2 aromatic rings. The lowest BCUT2D eigenvalue weighted by molar-refractivity contribution is 0.572. The maximum absolute atomic E-state index is 6.15. The van der Waals surface area contributed by atoms with Gasteiger partial charge in [-0.2, -0.15) is 0 Å². The van der Waals surface area contributed by atoms with Crippen molar-refractivity contribution < 1.29 is 0 Å². The number of halogens is 1. The van der Waals surface area contributed by atoms with Gasteiger partial charge in [0.2, 0.25) is 0 Å². The van der Waals surface area contributed by atoms with Crippen LogP contribution in [0.25, 0.3) is 0 Å². The molecule has 0 radical (unpaired) electrons. The summed E-state index contributed by atoms with van der Waals surface area (Å²) in [6, 6.07) is 11.3. The zero-order valence-corrected chi connectivity index (χ0v) is 10.8. The zero-order valence-electron chi connectivity index (χ0n) is 9.25. The van der Waals surface area contributed by atoms with Crippen molar-refractivity contribution in [2.45, 2.75) is 12.1 Å². The molecule has 17 heavy (non-hydrogen) atoms. The molecule has 4 heteroatoms. The van der Waals surface area contributed by atoms with E-state index in [-0.39, 0.29) is 12.1 Å². The summed E-state index contributed by atoms with van der Waals surface area (Å²) in [5.41, 5.74) is 14.3. The highest BCUT2D eigenvalue weighted by Crippen LogP contribution is 2.25. The van der Waals surface area contributed by atoms with E-state index >= 15 is 0 Å². The number of nitrogens with two attached hydrogens (primary N) is 2. The quantitative estimate of drug-likeness (QED) is 0.913. The zero-order chi connectivity index (χ0) is 12.3. The molecule has 0 aliphatic rings. The first kappa shape index (κ1) is 12.2. The SMILES string of the molecule is NC(c1ccccc1)C(N)c1cncc(Br)c1. The van der Waals surface area contributed by atoms with Crippen LogP contribution in [-0.4, -0.2) is 4.98 Å². The van der Waals surface area contributed by atoms with E-state index in [1.807, 2.05) is 36.4 Å². The van der Waals surface area contributed by atoms with Crippen molar-refractivity contribution in [1.82, 2.24) is 4.98 Å². The first-order valence-corrected chi connectivity index (χ1v) is 6.14. The standard InChI is InChI=1S/C13H14BrN3/c14-11-6-10(7-17-8-11)13(16)12(15)9-4-2-1-3-5-9/h1-8,12-13H,15-16H2. The predicted molar refractivity (Wildman–Crippen MR) is 72.2 cm³/mol. The van der Waals surface area contributed by atoms with E-state index in [0.717, 1.165) is 15.6 Å². The molecule has 1 aromatic carbocycles. The fourth-order valence-corrected chi connectivity index (χ4v) is 2.08. The normalized spacial score (nSPS) is 14.3. The maximum Gasteiger partial charge on any atom is 0.0506 e. The average Bonchev–Trinajstić information content (AvgIpc) is 2.38. The van der Waals surface area contributed by atoms with Gasteiger partial charge in [0.15, 0.2) is 0 Å². The molecule has 0 saturated carbocycles. The van der Waals surface area contributed by atoms with Gasteiger partial charge in [-0.25, -0.2) is 0 Å². The fraction of sp³-hybridized carbons (Fsp3) is 0.154. The molecule has 3 nitrogen and oxygen atoms in total. The molecule has 0 bridgehead atoms. The third kappa shape index (κ3) is 2.91. The average molecular weight is 292 g/mol. The molecule has 88 valence electrons. The van der Waals surface area contributed by atoms with Gasteiger partial charge in [0.05, 0.1) is 6.04 Å². The van der Waals surface area contributed by atoms with Crippen molar-refractivity contribution in [2.75, 3.05) is 0 Å². The number of pyridine rings is 1. The molecule has 0 fully saturated rings. The van der Waals surface area contributed by atoms with Crippen LogP contribution >= 0.6 is 15.9 Å². The lowest BCUT2D eigenvalue weighted by atomic mass is 9.96. The number of rotatable bonds is 3. The van der Waals surface area contributed by atoms with Crippen LogP contribution in [0.2, 0.25) is 0 Å². The third-order valence-electron chi connectivity index (χ3n) is 2.68. The van der Waals surface area contributed by atoms with Crippen molar-refractivity contribution in [3.8, 4) is 0 Å². The summed E-state index contributed by atoms with van der Waals surface area (Å²) in [5.74, 6) is 0. The Morgan fingerprint density at radius 1 is 0.941 bits per heavy atom. The lowest BCUT2D eigenvalue weighted by Gasteiger charge is -2.20. The van der Waals surface area contributed by atoms with E-state index in [0.29, 0.717) is 0 Å². The number of hydrogen-bond acceptors (Lipinski definition) is 3. The molecule has 2 atom stereocenters. The molecular weight excluding hydrogens is 278 g/mol. The van der Waals surface area contributed by atoms with Crippen LogP contribution in [0.1, 0.15) is 23.2 Å². The van der Waals surface area contributed by atoms with Crippen molar-refractivity contribution >= 4 is 15.9 Å². The smallest absolute Gasteiger partial charge is 0.0506 e. The number of benzene rings is 1.